The second-order valence-electron chi connectivity index (χ2n) is 6.16. The number of aromatic nitrogens is 3. The summed E-state index contributed by atoms with van der Waals surface area (Å²) in [7, 11) is 0. The number of nitrogens with one attached hydrogen (secondary N) is 1. The molecule has 0 atom stereocenters. The zero-order valence-electron chi connectivity index (χ0n) is 16.1. The average molecular weight is 472 g/mol. The summed E-state index contributed by atoms with van der Waals surface area (Å²) in [6.07, 6.45) is -4.55. The van der Waals surface area contributed by atoms with Crippen molar-refractivity contribution in [3.05, 3.63) is 53.1 Å². The van der Waals surface area contributed by atoms with Crippen molar-refractivity contribution in [1.29, 1.82) is 0 Å². The van der Waals surface area contributed by atoms with E-state index in [1.807, 2.05) is 6.92 Å². The molecule has 3 N–H and O–H groups in total. The van der Waals surface area contributed by atoms with Gasteiger partial charge >= 0.3 is 6.18 Å². The first-order valence-electron chi connectivity index (χ1n) is 8.92. The molecule has 0 bridgehead atoms. The minimum Gasteiger partial charge on any atom is -0.494 e. The van der Waals surface area contributed by atoms with E-state index < -0.39 is 17.6 Å². The number of ether oxygens (including phenoxy) is 1. The van der Waals surface area contributed by atoms with Crippen molar-refractivity contribution in [3.8, 4) is 17.1 Å². The minimum absolute atomic E-state index is 0.00822. The van der Waals surface area contributed by atoms with Crippen LogP contribution in [0.5, 0.6) is 5.75 Å². The Bertz CT molecular complexity index is 1070. The third-order valence-electron chi connectivity index (χ3n) is 3.99. The molecule has 0 fully saturated rings. The van der Waals surface area contributed by atoms with E-state index in [1.54, 1.807) is 24.3 Å². The van der Waals surface area contributed by atoms with Crippen LogP contribution in [0.3, 0.4) is 0 Å². The monoisotopic (exact) mass is 471 g/mol. The van der Waals surface area contributed by atoms with Gasteiger partial charge in [0.2, 0.25) is 11.1 Å². The fourth-order valence-corrected chi connectivity index (χ4v) is 3.37. The van der Waals surface area contributed by atoms with Crippen LogP contribution >= 0.6 is 23.4 Å². The maximum Gasteiger partial charge on any atom is 0.416 e. The number of hydrogen-bond donors (Lipinski definition) is 2. The average Bonchev–Trinajstić information content (AvgIpc) is 3.08. The summed E-state index contributed by atoms with van der Waals surface area (Å²) in [6, 6.07) is 9.78. The molecule has 12 heteroatoms. The van der Waals surface area contributed by atoms with E-state index in [-0.39, 0.29) is 21.6 Å². The Balaban J connectivity index is 1.65. The number of alkyl halides is 3. The van der Waals surface area contributed by atoms with E-state index in [4.69, 9.17) is 22.2 Å². The molecule has 31 heavy (non-hydrogen) atoms. The molecule has 1 aromatic heterocycles. The van der Waals surface area contributed by atoms with Gasteiger partial charge in [-0.3, -0.25) is 4.79 Å². The largest absolute Gasteiger partial charge is 0.494 e. The molecule has 0 spiro atoms. The molecular formula is C19H17ClF3N5O2S. The summed E-state index contributed by atoms with van der Waals surface area (Å²) >= 11 is 6.87. The lowest BCUT2D eigenvalue weighted by Crippen LogP contribution is -2.17. The number of amides is 1. The number of hydrogen-bond acceptors (Lipinski definition) is 6. The summed E-state index contributed by atoms with van der Waals surface area (Å²) in [5, 5.41) is 10.6. The SMILES string of the molecule is CCOc1ccc(-c2nnc(SCC(=O)Nc3cc(C(F)(F)F)ccc3Cl)n2N)cc1. The minimum atomic E-state index is -4.55. The molecular weight excluding hydrogens is 455 g/mol. The third kappa shape index (κ3) is 5.61. The van der Waals surface area contributed by atoms with Gasteiger partial charge < -0.3 is 15.9 Å². The van der Waals surface area contributed by atoms with E-state index in [1.165, 1.54) is 4.68 Å². The highest BCUT2D eigenvalue weighted by Crippen LogP contribution is 2.34. The number of rotatable bonds is 7. The molecule has 0 aliphatic rings. The van der Waals surface area contributed by atoms with Crippen molar-refractivity contribution in [2.24, 2.45) is 0 Å². The van der Waals surface area contributed by atoms with Crippen LogP contribution in [0.25, 0.3) is 11.4 Å². The maximum absolute atomic E-state index is 12.9. The van der Waals surface area contributed by atoms with Gasteiger partial charge in [-0.2, -0.15) is 13.2 Å². The van der Waals surface area contributed by atoms with Crippen molar-refractivity contribution in [3.63, 3.8) is 0 Å². The van der Waals surface area contributed by atoms with Crippen LogP contribution in [0.2, 0.25) is 5.02 Å². The van der Waals surface area contributed by atoms with Crippen LogP contribution < -0.4 is 15.9 Å². The molecule has 0 radical (unpaired) electrons. The molecule has 2 aromatic carbocycles. The molecule has 0 unspecified atom stereocenters. The first kappa shape index (κ1) is 22.8. The molecule has 1 amide bonds. The lowest BCUT2D eigenvalue weighted by atomic mass is 10.2. The van der Waals surface area contributed by atoms with Crippen LogP contribution in [-0.4, -0.2) is 33.1 Å². The molecule has 1 heterocycles. The smallest absolute Gasteiger partial charge is 0.416 e. The number of anilines is 1. The Kier molecular flexibility index (Phi) is 6.96. The van der Waals surface area contributed by atoms with Crippen LogP contribution in [0.1, 0.15) is 12.5 Å². The van der Waals surface area contributed by atoms with Crippen molar-refractivity contribution in [2.45, 2.75) is 18.3 Å². The summed E-state index contributed by atoms with van der Waals surface area (Å²) < 4.78 is 45.2. The lowest BCUT2D eigenvalue weighted by molar-refractivity contribution is -0.137. The summed E-state index contributed by atoms with van der Waals surface area (Å²) in [5.41, 5.74) is -0.349. The summed E-state index contributed by atoms with van der Waals surface area (Å²) in [4.78, 5) is 12.2. The fraction of sp³-hybridized carbons (Fsp3) is 0.211. The van der Waals surface area contributed by atoms with Crippen LogP contribution in [0.15, 0.2) is 47.6 Å². The molecule has 0 saturated heterocycles. The van der Waals surface area contributed by atoms with Crippen LogP contribution in [0, 0.1) is 0 Å². The van der Waals surface area contributed by atoms with Crippen molar-refractivity contribution >= 4 is 35.0 Å². The fourth-order valence-electron chi connectivity index (χ4n) is 2.55. The normalized spacial score (nSPS) is 11.4. The van der Waals surface area contributed by atoms with Crippen LogP contribution in [0.4, 0.5) is 18.9 Å². The summed E-state index contributed by atoms with van der Waals surface area (Å²) in [6.45, 7) is 2.42. The first-order valence-corrected chi connectivity index (χ1v) is 10.3. The van der Waals surface area contributed by atoms with E-state index in [0.29, 0.717) is 23.7 Å². The number of nitrogens with zero attached hydrogens (tertiary/aromatic N) is 3. The van der Waals surface area contributed by atoms with Gasteiger partial charge in [0.25, 0.3) is 0 Å². The Labute approximate surface area is 184 Å². The van der Waals surface area contributed by atoms with Gasteiger partial charge in [0.15, 0.2) is 5.82 Å². The zero-order valence-corrected chi connectivity index (χ0v) is 17.7. The molecule has 3 rings (SSSR count). The highest BCUT2D eigenvalue weighted by molar-refractivity contribution is 7.99. The number of carbonyl (C=O) groups is 1. The number of halogens is 4. The molecule has 0 saturated carbocycles. The molecule has 164 valence electrons. The predicted octanol–water partition coefficient (Wildman–Crippen LogP) is 4.46. The number of thioether (sulfide) groups is 1. The number of nitrogen functional groups attached to an aromatic ring is 1. The van der Waals surface area contributed by atoms with Gasteiger partial charge in [-0.05, 0) is 49.4 Å². The molecule has 7 nitrogen and oxygen atoms in total. The Morgan fingerprint density at radius 3 is 2.58 bits per heavy atom. The summed E-state index contributed by atoms with van der Waals surface area (Å²) in [5.74, 6) is 6.37. The van der Waals surface area contributed by atoms with Gasteiger partial charge in [-0.25, -0.2) is 4.68 Å². The van der Waals surface area contributed by atoms with Gasteiger partial charge in [-0.1, -0.05) is 23.4 Å². The first-order chi connectivity index (χ1) is 14.7. The van der Waals surface area contributed by atoms with E-state index in [2.05, 4.69) is 15.5 Å². The van der Waals surface area contributed by atoms with Gasteiger partial charge in [-0.15, -0.1) is 10.2 Å². The van der Waals surface area contributed by atoms with E-state index >= 15 is 0 Å². The number of carbonyl (C=O) groups excluding carboxylic acids is 1. The molecule has 0 aliphatic carbocycles. The van der Waals surface area contributed by atoms with Gasteiger partial charge in [0, 0.05) is 5.56 Å². The van der Waals surface area contributed by atoms with E-state index in [0.717, 1.165) is 30.0 Å². The van der Waals surface area contributed by atoms with Gasteiger partial charge in [0.1, 0.15) is 5.75 Å². The second kappa shape index (κ2) is 9.48. The van der Waals surface area contributed by atoms with Gasteiger partial charge in [0.05, 0.1) is 28.6 Å². The quantitative estimate of drug-likeness (QED) is 0.390. The van der Waals surface area contributed by atoms with Crippen LogP contribution in [-0.2, 0) is 11.0 Å². The Hall–Kier alpha value is -2.92. The maximum atomic E-state index is 12.9. The predicted molar refractivity (Wildman–Crippen MR) is 113 cm³/mol. The standard InChI is InChI=1S/C19H17ClF3N5O2S/c1-2-30-13-6-3-11(4-7-13)17-26-27-18(28(17)24)31-10-16(29)25-15-9-12(19(21,22)23)5-8-14(15)20/h3-9H,2,10,24H2,1H3,(H,25,29). The molecule has 0 aliphatic heterocycles. The number of nitrogens with two attached hydrogens (primary N) is 1. The lowest BCUT2D eigenvalue weighted by Gasteiger charge is -2.11. The van der Waals surface area contributed by atoms with Crippen molar-refractivity contribution in [1.82, 2.24) is 14.9 Å². The van der Waals surface area contributed by atoms with Crippen molar-refractivity contribution < 1.29 is 22.7 Å². The Morgan fingerprint density at radius 1 is 1.23 bits per heavy atom. The second-order valence-corrected chi connectivity index (χ2v) is 7.51. The zero-order chi connectivity index (χ0) is 22.6. The number of benzene rings is 2. The third-order valence-corrected chi connectivity index (χ3v) is 5.26. The highest BCUT2D eigenvalue weighted by Gasteiger charge is 2.31. The highest BCUT2D eigenvalue weighted by atomic mass is 35.5. The van der Waals surface area contributed by atoms with E-state index in [9.17, 15) is 18.0 Å². The van der Waals surface area contributed by atoms with Crippen molar-refractivity contribution in [2.75, 3.05) is 23.5 Å². The topological polar surface area (TPSA) is 95.1 Å². The Morgan fingerprint density at radius 2 is 1.94 bits per heavy atom. The molecule has 3 aromatic rings.